The van der Waals surface area contributed by atoms with Crippen molar-refractivity contribution in [3.63, 3.8) is 0 Å². The summed E-state index contributed by atoms with van der Waals surface area (Å²) in [6, 6.07) is 11.2. The van der Waals surface area contributed by atoms with Crippen LogP contribution in [0.25, 0.3) is 26.9 Å². The Labute approximate surface area is 133 Å². The maximum atomic E-state index is 7.10. The molecule has 0 N–H and O–H groups in total. The van der Waals surface area contributed by atoms with Gasteiger partial charge in [-0.25, -0.2) is 4.85 Å². The van der Waals surface area contributed by atoms with Gasteiger partial charge in [-0.1, -0.05) is 41.4 Å². The van der Waals surface area contributed by atoms with Gasteiger partial charge in [-0.2, -0.15) is 0 Å². The largest absolute Gasteiger partial charge is 0.497 e. The van der Waals surface area contributed by atoms with E-state index in [0.717, 1.165) is 21.9 Å². The van der Waals surface area contributed by atoms with Crippen LogP contribution in [0.2, 0.25) is 5.15 Å². The summed E-state index contributed by atoms with van der Waals surface area (Å²) in [6.45, 7) is 9.10. The van der Waals surface area contributed by atoms with Crippen LogP contribution in [0, 0.1) is 13.5 Å². The summed E-state index contributed by atoms with van der Waals surface area (Å²) in [5, 5.41) is 10.4. The van der Waals surface area contributed by atoms with Gasteiger partial charge in [-0.05, 0) is 19.1 Å². The molecule has 108 valence electrons. The van der Waals surface area contributed by atoms with Gasteiger partial charge in [0, 0.05) is 16.3 Å². The number of nitrogens with zero attached hydrogens (tertiary/aromatic N) is 3. The molecule has 4 nitrogen and oxygen atoms in total. The van der Waals surface area contributed by atoms with E-state index in [2.05, 4.69) is 15.0 Å². The van der Waals surface area contributed by atoms with Gasteiger partial charge < -0.3 is 4.74 Å². The van der Waals surface area contributed by atoms with Crippen molar-refractivity contribution in [1.82, 2.24) is 10.2 Å². The molecule has 0 saturated heterocycles. The third-order valence-electron chi connectivity index (χ3n) is 3.46. The third kappa shape index (κ3) is 2.36. The molecule has 0 radical (unpaired) electrons. The van der Waals surface area contributed by atoms with Crippen molar-refractivity contribution < 1.29 is 4.74 Å². The molecule has 0 unspecified atom stereocenters. The van der Waals surface area contributed by atoms with E-state index in [1.54, 1.807) is 19.2 Å². The summed E-state index contributed by atoms with van der Waals surface area (Å²) in [5.74, 6) is 0.590. The van der Waals surface area contributed by atoms with Crippen molar-refractivity contribution in [3.05, 3.63) is 58.5 Å². The number of ether oxygens (including phenoxy) is 1. The number of rotatable bonds is 2. The van der Waals surface area contributed by atoms with E-state index in [-0.39, 0.29) is 0 Å². The zero-order valence-corrected chi connectivity index (χ0v) is 12.8. The molecule has 1 aromatic heterocycles. The fourth-order valence-electron chi connectivity index (χ4n) is 2.38. The monoisotopic (exact) mass is 309 g/mol. The smallest absolute Gasteiger partial charge is 0.190 e. The number of fused-ring (bicyclic) bond motifs is 1. The SMILES string of the molecule is [C-]#[N+]c1ccc(-c2nnc(Cl)c3cc(C)ccc23)c(OC)c1. The Morgan fingerprint density at radius 2 is 1.91 bits per heavy atom. The molecule has 0 aliphatic carbocycles. The summed E-state index contributed by atoms with van der Waals surface area (Å²) >= 11 is 6.17. The molecule has 22 heavy (non-hydrogen) atoms. The lowest BCUT2D eigenvalue weighted by atomic mass is 10.0. The Balaban J connectivity index is 2.32. The number of benzene rings is 2. The lowest BCUT2D eigenvalue weighted by Crippen LogP contribution is -1.95. The number of methoxy groups -OCH3 is 1. The molecule has 3 rings (SSSR count). The second kappa shape index (κ2) is 5.63. The Morgan fingerprint density at radius 3 is 2.64 bits per heavy atom. The summed E-state index contributed by atoms with van der Waals surface area (Å²) in [7, 11) is 1.57. The lowest BCUT2D eigenvalue weighted by molar-refractivity contribution is 0.416. The minimum atomic E-state index is 0.374. The molecule has 0 fully saturated rings. The van der Waals surface area contributed by atoms with E-state index >= 15 is 0 Å². The summed E-state index contributed by atoms with van der Waals surface area (Å²) < 4.78 is 5.40. The minimum Gasteiger partial charge on any atom is -0.497 e. The highest BCUT2D eigenvalue weighted by Gasteiger charge is 2.14. The van der Waals surface area contributed by atoms with Gasteiger partial charge in [0.1, 0.15) is 11.4 Å². The van der Waals surface area contributed by atoms with E-state index < -0.39 is 0 Å². The molecule has 5 heteroatoms. The summed E-state index contributed by atoms with van der Waals surface area (Å²) in [5.41, 5.74) is 3.09. The maximum absolute atomic E-state index is 7.10. The van der Waals surface area contributed by atoms with Crippen molar-refractivity contribution in [2.24, 2.45) is 0 Å². The molecular weight excluding hydrogens is 298 g/mol. The van der Waals surface area contributed by atoms with Crippen LogP contribution in [0.1, 0.15) is 5.56 Å². The van der Waals surface area contributed by atoms with E-state index in [9.17, 15) is 0 Å². The van der Waals surface area contributed by atoms with Gasteiger partial charge in [0.05, 0.1) is 13.7 Å². The van der Waals surface area contributed by atoms with E-state index in [1.165, 1.54) is 0 Å². The minimum absolute atomic E-state index is 0.374. The van der Waals surface area contributed by atoms with Gasteiger partial charge in [0.25, 0.3) is 0 Å². The topological polar surface area (TPSA) is 39.4 Å². The fourth-order valence-corrected chi connectivity index (χ4v) is 2.58. The molecule has 3 aromatic rings. The predicted molar refractivity (Wildman–Crippen MR) is 87.5 cm³/mol. The first-order valence-corrected chi connectivity index (χ1v) is 7.00. The molecule has 2 aromatic carbocycles. The second-order valence-corrected chi connectivity index (χ2v) is 5.24. The van der Waals surface area contributed by atoms with Gasteiger partial charge in [-0.3, -0.25) is 0 Å². The fraction of sp³-hybridized carbons (Fsp3) is 0.118. The molecule has 0 bridgehead atoms. The van der Waals surface area contributed by atoms with Crippen molar-refractivity contribution in [1.29, 1.82) is 0 Å². The maximum Gasteiger partial charge on any atom is 0.190 e. The molecule has 0 aliphatic rings. The second-order valence-electron chi connectivity index (χ2n) is 4.88. The van der Waals surface area contributed by atoms with E-state index in [0.29, 0.717) is 22.3 Å². The number of aryl methyl sites for hydroxylation is 1. The van der Waals surface area contributed by atoms with Crippen LogP contribution in [0.15, 0.2) is 36.4 Å². The van der Waals surface area contributed by atoms with Crippen LogP contribution in [0.5, 0.6) is 5.75 Å². The van der Waals surface area contributed by atoms with Crippen LogP contribution in [-0.4, -0.2) is 17.3 Å². The number of hydrogen-bond donors (Lipinski definition) is 0. The molecule has 1 heterocycles. The van der Waals surface area contributed by atoms with Crippen LogP contribution in [0.3, 0.4) is 0 Å². The highest BCUT2D eigenvalue weighted by atomic mass is 35.5. The van der Waals surface area contributed by atoms with E-state index in [1.807, 2.05) is 31.2 Å². The van der Waals surface area contributed by atoms with Crippen molar-refractivity contribution in [2.75, 3.05) is 7.11 Å². The van der Waals surface area contributed by atoms with Gasteiger partial charge in [0.2, 0.25) is 0 Å². The Kier molecular flexibility index (Phi) is 3.66. The van der Waals surface area contributed by atoms with Crippen LogP contribution < -0.4 is 4.74 Å². The average Bonchev–Trinajstić information content (AvgIpc) is 2.55. The number of halogens is 1. The lowest BCUT2D eigenvalue weighted by Gasteiger charge is -2.11. The van der Waals surface area contributed by atoms with Crippen molar-refractivity contribution in [2.45, 2.75) is 6.92 Å². The molecular formula is C17H12ClN3O. The summed E-state index contributed by atoms with van der Waals surface area (Å²) in [6.07, 6.45) is 0. The van der Waals surface area contributed by atoms with Crippen LogP contribution in [0.4, 0.5) is 5.69 Å². The predicted octanol–water partition coefficient (Wildman–Crippen LogP) is 4.82. The molecule has 0 amide bonds. The van der Waals surface area contributed by atoms with Gasteiger partial charge >= 0.3 is 0 Å². The van der Waals surface area contributed by atoms with E-state index in [4.69, 9.17) is 22.9 Å². The first kappa shape index (κ1) is 14.3. The zero-order valence-electron chi connectivity index (χ0n) is 12.1. The van der Waals surface area contributed by atoms with Crippen molar-refractivity contribution in [3.8, 4) is 17.0 Å². The van der Waals surface area contributed by atoms with Gasteiger partial charge in [0.15, 0.2) is 10.8 Å². The van der Waals surface area contributed by atoms with Crippen LogP contribution >= 0.6 is 11.6 Å². The quantitative estimate of drug-likeness (QED) is 0.637. The first-order chi connectivity index (χ1) is 10.6. The first-order valence-electron chi connectivity index (χ1n) is 6.62. The van der Waals surface area contributed by atoms with Crippen molar-refractivity contribution >= 4 is 28.1 Å². The number of aromatic nitrogens is 2. The Hall–Kier alpha value is -2.64. The zero-order chi connectivity index (χ0) is 15.7. The van der Waals surface area contributed by atoms with Crippen LogP contribution in [-0.2, 0) is 0 Å². The Bertz CT molecular complexity index is 916. The summed E-state index contributed by atoms with van der Waals surface area (Å²) in [4.78, 5) is 3.41. The molecule has 0 saturated carbocycles. The van der Waals surface area contributed by atoms with Gasteiger partial charge in [-0.15, -0.1) is 10.2 Å². The molecule has 0 aliphatic heterocycles. The molecule has 0 spiro atoms. The Morgan fingerprint density at radius 1 is 1.09 bits per heavy atom. The molecule has 0 atom stereocenters. The highest BCUT2D eigenvalue weighted by molar-refractivity contribution is 6.34. The standard InChI is InChI=1S/C17H12ClN3O/c1-10-4-6-12-14(8-10)17(18)21-20-16(12)13-7-5-11(19-2)9-15(13)22-3/h4-9H,1,3H3. The highest BCUT2D eigenvalue weighted by Crippen LogP contribution is 2.37. The third-order valence-corrected chi connectivity index (χ3v) is 3.74. The average molecular weight is 310 g/mol. The normalized spacial score (nSPS) is 10.5. The number of hydrogen-bond acceptors (Lipinski definition) is 3.